The smallest absolute Gasteiger partial charge is 0.258 e. The summed E-state index contributed by atoms with van der Waals surface area (Å²) >= 11 is 5.37. The van der Waals surface area contributed by atoms with Gasteiger partial charge >= 0.3 is 0 Å². The third kappa shape index (κ3) is 4.47. The minimum absolute atomic E-state index is 0. The predicted molar refractivity (Wildman–Crippen MR) is 73.1 cm³/mol. The van der Waals surface area contributed by atoms with Crippen molar-refractivity contribution in [3.63, 3.8) is 0 Å². The average molecular weight is 310 g/mol. The first kappa shape index (κ1) is 17.3. The first-order valence-corrected chi connectivity index (χ1v) is 5.39. The van der Waals surface area contributed by atoms with Crippen LogP contribution in [-0.4, -0.2) is 39.4 Å². The largest absolute Gasteiger partial charge is 0.504 e. The van der Waals surface area contributed by atoms with Gasteiger partial charge in [-0.05, 0) is 12.1 Å². The number of aromatic hydroxyl groups is 3. The van der Waals surface area contributed by atoms with E-state index >= 15 is 0 Å². The number of phenolic OH excluding ortho intramolecular Hbond substituents is 3. The molecule has 0 aliphatic carbocycles. The van der Waals surface area contributed by atoms with Crippen molar-refractivity contribution in [2.75, 3.05) is 5.88 Å². The molecule has 0 heterocycles. The molecule has 106 valence electrons. The van der Waals surface area contributed by atoms with Crippen molar-refractivity contribution < 1.29 is 20.1 Å². The summed E-state index contributed by atoms with van der Waals surface area (Å²) in [7, 11) is 0. The van der Waals surface area contributed by atoms with Crippen molar-refractivity contribution in [2.45, 2.75) is 6.04 Å². The van der Waals surface area contributed by atoms with Crippen molar-refractivity contribution in [1.29, 1.82) is 0 Å². The molecule has 0 aliphatic rings. The number of carbonyl (C=O) groups excluding carboxylic acids is 1. The van der Waals surface area contributed by atoms with Crippen LogP contribution < -0.4 is 11.2 Å². The molecule has 0 spiro atoms. The maximum atomic E-state index is 11.2. The van der Waals surface area contributed by atoms with Crippen molar-refractivity contribution in [3.05, 3.63) is 17.7 Å². The van der Waals surface area contributed by atoms with Gasteiger partial charge in [-0.25, -0.2) is 5.43 Å². The Balaban J connectivity index is 0.00000324. The number of halogens is 2. The van der Waals surface area contributed by atoms with Crippen LogP contribution in [0.2, 0.25) is 0 Å². The van der Waals surface area contributed by atoms with E-state index in [2.05, 4.69) is 10.5 Å². The maximum absolute atomic E-state index is 11.2. The van der Waals surface area contributed by atoms with Crippen LogP contribution in [0, 0.1) is 0 Å². The standard InChI is InChI=1S/C10H12ClN3O4.ClH/c11-3-6(12)10(18)14-13-4-5-1-2-7(15)9(17)8(5)16;/h1-2,4,6,15-17H,3,12H2,(H,14,18);1H. The van der Waals surface area contributed by atoms with Crippen LogP contribution in [0.25, 0.3) is 0 Å². The zero-order valence-electron chi connectivity index (χ0n) is 9.58. The van der Waals surface area contributed by atoms with Gasteiger partial charge in [0, 0.05) is 11.4 Å². The number of hydrogen-bond acceptors (Lipinski definition) is 6. The number of rotatable bonds is 4. The Labute approximate surface area is 120 Å². The molecule has 6 N–H and O–H groups in total. The fourth-order valence-corrected chi connectivity index (χ4v) is 1.15. The number of nitrogens with one attached hydrogen (secondary N) is 1. The highest BCUT2D eigenvalue weighted by atomic mass is 35.5. The lowest BCUT2D eigenvalue weighted by molar-refractivity contribution is -0.121. The number of carbonyl (C=O) groups is 1. The third-order valence-corrected chi connectivity index (χ3v) is 2.37. The molecule has 0 radical (unpaired) electrons. The van der Waals surface area contributed by atoms with E-state index in [1.165, 1.54) is 12.1 Å². The highest BCUT2D eigenvalue weighted by Gasteiger charge is 2.11. The van der Waals surface area contributed by atoms with Crippen LogP contribution in [0.4, 0.5) is 0 Å². The van der Waals surface area contributed by atoms with Crippen molar-refractivity contribution in [2.24, 2.45) is 10.8 Å². The van der Waals surface area contributed by atoms with E-state index in [-0.39, 0.29) is 23.9 Å². The van der Waals surface area contributed by atoms with E-state index in [1.54, 1.807) is 0 Å². The summed E-state index contributed by atoms with van der Waals surface area (Å²) in [5.74, 6) is -2.30. The van der Waals surface area contributed by atoms with Gasteiger partial charge in [-0.15, -0.1) is 24.0 Å². The van der Waals surface area contributed by atoms with Gasteiger partial charge in [0.15, 0.2) is 11.5 Å². The van der Waals surface area contributed by atoms with Crippen molar-refractivity contribution in [3.8, 4) is 17.2 Å². The Morgan fingerprint density at radius 3 is 2.63 bits per heavy atom. The molecule has 1 aromatic rings. The van der Waals surface area contributed by atoms with Gasteiger partial charge in [0.25, 0.3) is 5.91 Å². The number of hydrogen-bond donors (Lipinski definition) is 5. The van der Waals surface area contributed by atoms with E-state index in [0.29, 0.717) is 0 Å². The summed E-state index contributed by atoms with van der Waals surface area (Å²) in [4.78, 5) is 11.2. The molecule has 1 amide bonds. The van der Waals surface area contributed by atoms with Gasteiger partial charge in [-0.3, -0.25) is 4.79 Å². The topological polar surface area (TPSA) is 128 Å². The molecule has 0 aliphatic heterocycles. The molecule has 0 aromatic heterocycles. The summed E-state index contributed by atoms with van der Waals surface area (Å²) in [6, 6.07) is 1.59. The molecule has 1 rings (SSSR count). The maximum Gasteiger partial charge on any atom is 0.258 e. The zero-order chi connectivity index (χ0) is 13.7. The van der Waals surface area contributed by atoms with Crippen LogP contribution in [0.3, 0.4) is 0 Å². The van der Waals surface area contributed by atoms with Gasteiger partial charge in [-0.2, -0.15) is 5.10 Å². The second kappa shape index (κ2) is 7.67. The first-order valence-electron chi connectivity index (χ1n) is 4.85. The Bertz CT molecular complexity index is 482. The molecular weight excluding hydrogens is 297 g/mol. The Kier molecular flexibility index (Phi) is 6.99. The molecule has 0 saturated carbocycles. The predicted octanol–water partition coefficient (Wildman–Crippen LogP) is 0.241. The lowest BCUT2D eigenvalue weighted by Crippen LogP contribution is -2.39. The number of alkyl halides is 1. The number of hydrazone groups is 1. The summed E-state index contributed by atoms with van der Waals surface area (Å²) in [6.45, 7) is 0. The molecule has 1 atom stereocenters. The summed E-state index contributed by atoms with van der Waals surface area (Å²) in [6.07, 6.45) is 1.09. The van der Waals surface area contributed by atoms with Gasteiger partial charge in [0.1, 0.15) is 0 Å². The zero-order valence-corrected chi connectivity index (χ0v) is 11.1. The van der Waals surface area contributed by atoms with Crippen molar-refractivity contribution >= 4 is 36.1 Å². The number of phenols is 3. The Morgan fingerprint density at radius 2 is 2.05 bits per heavy atom. The quantitative estimate of drug-likeness (QED) is 0.235. The van der Waals surface area contributed by atoms with Gasteiger partial charge in [0.05, 0.1) is 12.3 Å². The van der Waals surface area contributed by atoms with Crippen LogP contribution in [0.5, 0.6) is 17.2 Å². The Morgan fingerprint density at radius 1 is 1.42 bits per heavy atom. The normalized spacial score (nSPS) is 11.9. The lowest BCUT2D eigenvalue weighted by atomic mass is 10.2. The molecule has 19 heavy (non-hydrogen) atoms. The van der Waals surface area contributed by atoms with E-state index in [9.17, 15) is 15.0 Å². The number of nitrogens with zero attached hydrogens (tertiary/aromatic N) is 1. The highest BCUT2D eigenvalue weighted by molar-refractivity contribution is 6.19. The van der Waals surface area contributed by atoms with E-state index in [1.807, 2.05) is 0 Å². The lowest BCUT2D eigenvalue weighted by Gasteiger charge is -2.05. The molecule has 1 unspecified atom stereocenters. The molecule has 0 bridgehead atoms. The van der Waals surface area contributed by atoms with Gasteiger partial charge < -0.3 is 21.1 Å². The average Bonchev–Trinajstić information content (AvgIpc) is 2.37. The van der Waals surface area contributed by atoms with E-state index in [4.69, 9.17) is 22.4 Å². The Hall–Kier alpha value is -1.70. The van der Waals surface area contributed by atoms with Crippen molar-refractivity contribution in [1.82, 2.24) is 5.43 Å². The van der Waals surface area contributed by atoms with Crippen LogP contribution in [0.1, 0.15) is 5.56 Å². The third-order valence-electron chi connectivity index (χ3n) is 2.04. The molecule has 0 fully saturated rings. The van der Waals surface area contributed by atoms with Crippen LogP contribution in [-0.2, 0) is 4.79 Å². The summed E-state index contributed by atoms with van der Waals surface area (Å²) < 4.78 is 0. The van der Waals surface area contributed by atoms with E-state index in [0.717, 1.165) is 6.21 Å². The monoisotopic (exact) mass is 309 g/mol. The highest BCUT2D eigenvalue weighted by Crippen LogP contribution is 2.36. The fraction of sp³-hybridized carbons (Fsp3) is 0.200. The van der Waals surface area contributed by atoms with Gasteiger partial charge in [0.2, 0.25) is 5.75 Å². The molecule has 9 heteroatoms. The molecule has 0 saturated heterocycles. The molecule has 1 aromatic carbocycles. The molecule has 7 nitrogen and oxygen atoms in total. The summed E-state index contributed by atoms with van der Waals surface area (Å²) in [5, 5.41) is 31.3. The number of amides is 1. The number of benzene rings is 1. The summed E-state index contributed by atoms with van der Waals surface area (Å²) in [5.41, 5.74) is 7.55. The minimum atomic E-state index is -0.884. The second-order valence-electron chi connectivity index (χ2n) is 3.37. The van der Waals surface area contributed by atoms with Crippen LogP contribution in [0.15, 0.2) is 17.2 Å². The minimum Gasteiger partial charge on any atom is -0.504 e. The second-order valence-corrected chi connectivity index (χ2v) is 3.67. The van der Waals surface area contributed by atoms with Crippen LogP contribution >= 0.6 is 24.0 Å². The SMILES string of the molecule is Cl.NC(CCl)C(=O)NN=Cc1ccc(O)c(O)c1O. The molecular formula is C10H13Cl2N3O4. The fourth-order valence-electron chi connectivity index (χ4n) is 1.01. The first-order chi connectivity index (χ1) is 8.47. The van der Waals surface area contributed by atoms with E-state index < -0.39 is 29.2 Å². The number of nitrogens with two attached hydrogens (primary N) is 1. The van der Waals surface area contributed by atoms with Gasteiger partial charge in [-0.1, -0.05) is 0 Å².